The Balaban J connectivity index is 4.97. The van der Waals surface area contributed by atoms with Crippen molar-refractivity contribution in [2.75, 3.05) is 20.4 Å². The van der Waals surface area contributed by atoms with Gasteiger partial charge in [-0.3, -0.25) is 4.57 Å². The molecule has 0 spiro atoms. The van der Waals surface area contributed by atoms with Gasteiger partial charge in [0.05, 0.1) is 6.16 Å². The number of carboxylic acids is 1. The van der Waals surface area contributed by atoms with Crippen molar-refractivity contribution in [1.82, 2.24) is 5.32 Å². The summed E-state index contributed by atoms with van der Waals surface area (Å²) in [6.07, 6.45) is 0.321. The topological polar surface area (TPSA) is 111 Å². The van der Waals surface area contributed by atoms with Gasteiger partial charge in [0.15, 0.2) is 0 Å². The van der Waals surface area contributed by atoms with Gasteiger partial charge in [-0.15, -0.1) is 0 Å². The van der Waals surface area contributed by atoms with Crippen molar-refractivity contribution < 1.29 is 33.0 Å². The molecule has 0 unspecified atom stereocenters. The van der Waals surface area contributed by atoms with Crippen LogP contribution < -0.4 is 5.32 Å². The van der Waals surface area contributed by atoms with Crippen LogP contribution in [0.25, 0.3) is 0 Å². The monoisotopic (exact) mass is 337 g/mol. The van der Waals surface area contributed by atoms with Crippen molar-refractivity contribution in [2.45, 2.75) is 39.3 Å². The summed E-state index contributed by atoms with van der Waals surface area (Å²) >= 11 is 0. The fourth-order valence-electron chi connectivity index (χ4n) is 1.46. The minimum absolute atomic E-state index is 0.0836. The Hall–Kier alpha value is -1.37. The molecule has 128 valence electrons. The molecule has 0 aliphatic rings. The van der Waals surface area contributed by atoms with Crippen molar-refractivity contribution in [3.8, 4) is 0 Å². The fourth-order valence-corrected chi connectivity index (χ4v) is 2.58. The van der Waals surface area contributed by atoms with Gasteiger partial charge in [-0.25, -0.2) is 9.59 Å². The lowest BCUT2D eigenvalue weighted by Crippen LogP contribution is -2.42. The predicted molar refractivity (Wildman–Crippen MR) is 81.0 cm³/mol. The largest absolute Gasteiger partial charge is 0.479 e. The third-order valence-electron chi connectivity index (χ3n) is 2.39. The highest BCUT2D eigenvalue weighted by Gasteiger charge is 2.25. The van der Waals surface area contributed by atoms with Crippen molar-refractivity contribution in [3.05, 3.63) is 11.6 Å². The highest BCUT2D eigenvalue weighted by Crippen LogP contribution is 2.47. The molecule has 2 N–H and O–H groups in total. The Kier molecular flexibility index (Phi) is 7.79. The highest BCUT2D eigenvalue weighted by molar-refractivity contribution is 7.54. The van der Waals surface area contributed by atoms with Gasteiger partial charge in [0.1, 0.15) is 11.6 Å². The minimum atomic E-state index is -3.30. The van der Waals surface area contributed by atoms with Gasteiger partial charge in [-0.05, 0) is 27.7 Å². The predicted octanol–water partition coefficient (Wildman–Crippen LogP) is 2.40. The highest BCUT2D eigenvalue weighted by atomic mass is 31.2. The molecule has 0 aliphatic heterocycles. The lowest BCUT2D eigenvalue weighted by molar-refractivity contribution is -0.138. The molecule has 0 aliphatic carbocycles. The van der Waals surface area contributed by atoms with Crippen molar-refractivity contribution >= 4 is 19.7 Å². The summed E-state index contributed by atoms with van der Waals surface area (Å²) < 4.78 is 26.5. The average molecular weight is 337 g/mol. The Labute approximate surface area is 130 Å². The van der Waals surface area contributed by atoms with Crippen molar-refractivity contribution in [2.24, 2.45) is 0 Å². The van der Waals surface area contributed by atoms with E-state index >= 15 is 0 Å². The molecule has 1 amide bonds. The number of amides is 1. The molecule has 0 aromatic heterocycles. The number of hydrogen-bond donors (Lipinski definition) is 2. The number of hydrogen-bond acceptors (Lipinski definition) is 6. The van der Waals surface area contributed by atoms with E-state index in [9.17, 15) is 14.2 Å². The molecular formula is C13H24NO7P. The third kappa shape index (κ3) is 8.17. The summed E-state index contributed by atoms with van der Waals surface area (Å²) in [5.41, 5.74) is -0.302. The van der Waals surface area contributed by atoms with Gasteiger partial charge < -0.3 is 24.2 Å². The van der Waals surface area contributed by atoms with Gasteiger partial charge in [0.25, 0.3) is 0 Å². The molecule has 9 heteroatoms. The van der Waals surface area contributed by atoms with E-state index in [0.29, 0.717) is 5.57 Å². The second-order valence-corrected chi connectivity index (χ2v) is 7.88. The molecule has 0 rings (SSSR count). The van der Waals surface area contributed by atoms with E-state index in [1.54, 1.807) is 27.7 Å². The van der Waals surface area contributed by atoms with E-state index in [-0.39, 0.29) is 6.16 Å². The molecule has 0 fully saturated rings. The van der Waals surface area contributed by atoms with Crippen LogP contribution in [0.2, 0.25) is 0 Å². The molecule has 0 radical (unpaired) electrons. The number of nitrogens with one attached hydrogen (secondary N) is 1. The lowest BCUT2D eigenvalue weighted by Gasteiger charge is -2.21. The van der Waals surface area contributed by atoms with E-state index < -0.39 is 31.3 Å². The maximum absolute atomic E-state index is 12.0. The van der Waals surface area contributed by atoms with Crippen LogP contribution in [-0.4, -0.2) is 49.2 Å². The number of rotatable bonds is 7. The molecule has 0 bridgehead atoms. The first-order valence-electron chi connectivity index (χ1n) is 6.52. The maximum atomic E-state index is 12.0. The Morgan fingerprint density at radius 3 is 2.14 bits per heavy atom. The number of carboxylic acid groups (broad SMARTS) is 1. The first-order valence-corrected chi connectivity index (χ1v) is 8.25. The van der Waals surface area contributed by atoms with Crippen LogP contribution in [0, 0.1) is 0 Å². The standard InChI is InChI=1S/C13H24NO7P/c1-9(8-22(18,19-5)20-6)7-10(11(15)16)14-12(17)21-13(2,3)4/h7,10H,8H2,1-6H3,(H,14,17)(H,15,16)/t10-/m1/s1. The third-order valence-corrected chi connectivity index (χ3v) is 4.39. The smallest absolute Gasteiger partial charge is 0.408 e. The molecule has 0 aromatic carbocycles. The SMILES string of the molecule is COP(=O)(CC(C)=C[C@@H](NC(=O)OC(C)(C)C)C(=O)O)OC. The van der Waals surface area contributed by atoms with E-state index in [0.717, 1.165) is 0 Å². The Morgan fingerprint density at radius 2 is 1.77 bits per heavy atom. The second-order valence-electron chi connectivity index (χ2n) is 5.61. The molecule has 0 aromatic rings. The van der Waals surface area contributed by atoms with E-state index in [1.807, 2.05) is 0 Å². The van der Waals surface area contributed by atoms with Crippen LogP contribution in [-0.2, 0) is 23.1 Å². The first kappa shape index (κ1) is 20.6. The molecule has 0 saturated heterocycles. The van der Waals surface area contributed by atoms with E-state index in [2.05, 4.69) is 5.32 Å². The first-order chi connectivity index (χ1) is 9.92. The summed E-state index contributed by atoms with van der Waals surface area (Å²) in [6.45, 7) is 6.56. The molecule has 0 heterocycles. The van der Waals surface area contributed by atoms with Gasteiger partial charge in [-0.1, -0.05) is 11.6 Å². The maximum Gasteiger partial charge on any atom is 0.408 e. The minimum Gasteiger partial charge on any atom is -0.479 e. The molecule has 0 saturated carbocycles. The van der Waals surface area contributed by atoms with E-state index in [4.69, 9.17) is 18.9 Å². The van der Waals surface area contributed by atoms with E-state index in [1.165, 1.54) is 20.3 Å². The number of alkyl carbamates (subject to hydrolysis) is 1. The van der Waals surface area contributed by atoms with Gasteiger partial charge in [-0.2, -0.15) is 0 Å². The number of allylic oxidation sites excluding steroid dienone is 1. The summed E-state index contributed by atoms with van der Waals surface area (Å²) in [5.74, 6) is -1.27. The summed E-state index contributed by atoms with van der Waals surface area (Å²) in [4.78, 5) is 22.8. The van der Waals surface area contributed by atoms with Crippen LogP contribution in [0.1, 0.15) is 27.7 Å². The Morgan fingerprint density at radius 1 is 1.27 bits per heavy atom. The van der Waals surface area contributed by atoms with Gasteiger partial charge >= 0.3 is 19.7 Å². The normalized spacial score (nSPS) is 14.4. The number of aliphatic carboxylic acids is 1. The quantitative estimate of drug-likeness (QED) is 0.542. The number of ether oxygens (including phenoxy) is 1. The second kappa shape index (κ2) is 8.31. The fraction of sp³-hybridized carbons (Fsp3) is 0.692. The van der Waals surface area contributed by atoms with Gasteiger partial charge in [0.2, 0.25) is 0 Å². The lowest BCUT2D eigenvalue weighted by atomic mass is 10.2. The number of carbonyl (C=O) groups excluding carboxylic acids is 1. The van der Waals surface area contributed by atoms with Crippen molar-refractivity contribution in [3.63, 3.8) is 0 Å². The average Bonchev–Trinajstić information content (AvgIpc) is 2.35. The van der Waals surface area contributed by atoms with Crippen LogP contribution in [0.3, 0.4) is 0 Å². The summed E-state index contributed by atoms with van der Waals surface area (Å²) in [6, 6.07) is -1.31. The zero-order valence-corrected chi connectivity index (χ0v) is 14.6. The summed E-state index contributed by atoms with van der Waals surface area (Å²) in [7, 11) is -0.814. The zero-order chi connectivity index (χ0) is 17.6. The van der Waals surface area contributed by atoms with Crippen molar-refractivity contribution in [1.29, 1.82) is 0 Å². The molecule has 8 nitrogen and oxygen atoms in total. The van der Waals surface area contributed by atoms with Crippen LogP contribution in [0.5, 0.6) is 0 Å². The van der Waals surface area contributed by atoms with Crippen LogP contribution in [0.15, 0.2) is 11.6 Å². The van der Waals surface area contributed by atoms with Crippen LogP contribution in [0.4, 0.5) is 4.79 Å². The Bertz CT molecular complexity index is 473. The molecule has 22 heavy (non-hydrogen) atoms. The molecule has 1 atom stereocenters. The van der Waals surface area contributed by atoms with Crippen LogP contribution >= 0.6 is 7.60 Å². The zero-order valence-electron chi connectivity index (χ0n) is 13.7. The molecular weight excluding hydrogens is 313 g/mol. The number of carbonyl (C=O) groups is 2. The van der Waals surface area contributed by atoms with Gasteiger partial charge in [0, 0.05) is 14.2 Å². The summed E-state index contributed by atoms with van der Waals surface area (Å²) in [5, 5.41) is 11.4.